The second-order valence-corrected chi connectivity index (χ2v) is 4.31. The maximum atomic E-state index is 9.14. The van der Waals surface area contributed by atoms with Crippen molar-refractivity contribution in [1.82, 2.24) is 0 Å². The number of benzene rings is 1. The van der Waals surface area contributed by atoms with E-state index in [-0.39, 0.29) is 6.10 Å². The van der Waals surface area contributed by atoms with E-state index in [0.717, 1.165) is 12.8 Å². The molecule has 0 atom stereocenters. The minimum atomic E-state index is -0.126. The van der Waals surface area contributed by atoms with Crippen LogP contribution < -0.4 is 0 Å². The number of aliphatic hydroxyl groups excluding tert-OH is 1. The monoisotopic (exact) mass is 216 g/mol. The lowest BCUT2D eigenvalue weighted by molar-refractivity contribution is 0.0746. The van der Waals surface area contributed by atoms with Gasteiger partial charge >= 0.3 is 0 Å². The quantitative estimate of drug-likeness (QED) is 0.765. The van der Waals surface area contributed by atoms with E-state index in [9.17, 15) is 0 Å². The van der Waals surface area contributed by atoms with E-state index in [4.69, 9.17) is 28.3 Å². The number of hydrogen-bond acceptors (Lipinski definition) is 1. The molecule has 0 amide bonds. The molecule has 1 saturated carbocycles. The van der Waals surface area contributed by atoms with E-state index in [1.165, 1.54) is 5.56 Å². The maximum Gasteiger partial charge on any atom is 0.0595 e. The summed E-state index contributed by atoms with van der Waals surface area (Å²) in [6.07, 6.45) is 1.56. The van der Waals surface area contributed by atoms with Crippen molar-refractivity contribution >= 4 is 23.2 Å². The molecule has 0 aliphatic heterocycles. The molecular formula is C10H10Cl2O. The molecule has 2 rings (SSSR count). The Morgan fingerprint density at radius 3 is 2.38 bits per heavy atom. The summed E-state index contributed by atoms with van der Waals surface area (Å²) in [5.74, 6) is 0.463. The fraction of sp³-hybridized carbons (Fsp3) is 0.400. The van der Waals surface area contributed by atoms with Crippen LogP contribution >= 0.6 is 23.2 Å². The molecule has 13 heavy (non-hydrogen) atoms. The van der Waals surface area contributed by atoms with E-state index in [1.54, 1.807) is 0 Å². The van der Waals surface area contributed by atoms with Gasteiger partial charge in [-0.3, -0.25) is 0 Å². The minimum Gasteiger partial charge on any atom is -0.393 e. The summed E-state index contributed by atoms with van der Waals surface area (Å²) in [6.45, 7) is 0. The van der Waals surface area contributed by atoms with Crippen molar-refractivity contribution in [3.05, 3.63) is 33.8 Å². The average Bonchev–Trinajstić information content (AvgIpc) is 2.05. The van der Waals surface area contributed by atoms with Gasteiger partial charge in [-0.1, -0.05) is 29.3 Å². The smallest absolute Gasteiger partial charge is 0.0595 e. The molecule has 1 aliphatic carbocycles. The second kappa shape index (κ2) is 3.49. The van der Waals surface area contributed by atoms with Crippen LogP contribution in [0.3, 0.4) is 0 Å². The highest BCUT2D eigenvalue weighted by atomic mass is 35.5. The van der Waals surface area contributed by atoms with Gasteiger partial charge in [-0.25, -0.2) is 0 Å². The molecule has 70 valence electrons. The van der Waals surface area contributed by atoms with Gasteiger partial charge in [-0.05, 0) is 36.5 Å². The Morgan fingerprint density at radius 2 is 1.85 bits per heavy atom. The number of rotatable bonds is 1. The molecule has 1 N–H and O–H groups in total. The highest BCUT2D eigenvalue weighted by Gasteiger charge is 2.28. The molecule has 0 radical (unpaired) electrons. The molecule has 0 heterocycles. The zero-order chi connectivity index (χ0) is 9.42. The van der Waals surface area contributed by atoms with Gasteiger partial charge in [0.15, 0.2) is 0 Å². The molecule has 1 nitrogen and oxygen atoms in total. The molecular weight excluding hydrogens is 207 g/mol. The lowest BCUT2D eigenvalue weighted by atomic mass is 9.78. The molecule has 0 aromatic heterocycles. The van der Waals surface area contributed by atoms with E-state index in [2.05, 4.69) is 0 Å². The van der Waals surface area contributed by atoms with Crippen LogP contribution in [0.1, 0.15) is 24.3 Å². The van der Waals surface area contributed by atoms with Crippen LogP contribution in [-0.2, 0) is 0 Å². The topological polar surface area (TPSA) is 20.2 Å². The summed E-state index contributed by atoms with van der Waals surface area (Å²) in [4.78, 5) is 0. The Labute approximate surface area is 87.3 Å². The van der Waals surface area contributed by atoms with E-state index in [0.29, 0.717) is 16.0 Å². The molecule has 0 bridgehead atoms. The van der Waals surface area contributed by atoms with Crippen LogP contribution in [0.25, 0.3) is 0 Å². The Bertz CT molecular complexity index is 319. The molecule has 1 aromatic carbocycles. The fourth-order valence-corrected chi connectivity index (χ4v) is 1.93. The van der Waals surface area contributed by atoms with Crippen molar-refractivity contribution in [3.63, 3.8) is 0 Å². The standard InChI is InChI=1S/C10H10Cl2O/c11-9-2-1-6(5-10(9)12)7-3-8(13)4-7/h1-2,5,7-8,13H,3-4H2. The van der Waals surface area contributed by atoms with Gasteiger partial charge in [0, 0.05) is 0 Å². The molecule has 3 heteroatoms. The van der Waals surface area contributed by atoms with Crippen molar-refractivity contribution < 1.29 is 5.11 Å². The summed E-state index contributed by atoms with van der Waals surface area (Å²) in [7, 11) is 0. The zero-order valence-electron chi connectivity index (χ0n) is 7.00. The van der Waals surface area contributed by atoms with Crippen LogP contribution in [0.2, 0.25) is 10.0 Å². The summed E-state index contributed by atoms with van der Waals surface area (Å²) in [5, 5.41) is 10.3. The molecule has 1 aromatic rings. The average molecular weight is 217 g/mol. The summed E-state index contributed by atoms with van der Waals surface area (Å²) in [6, 6.07) is 5.68. The maximum absolute atomic E-state index is 9.14. The van der Waals surface area contributed by atoms with Gasteiger partial charge in [0.05, 0.1) is 16.1 Å². The Balaban J connectivity index is 2.18. The van der Waals surface area contributed by atoms with Gasteiger partial charge in [0.1, 0.15) is 0 Å². The Hall–Kier alpha value is -0.240. The van der Waals surface area contributed by atoms with E-state index >= 15 is 0 Å². The van der Waals surface area contributed by atoms with Crippen molar-refractivity contribution in [2.24, 2.45) is 0 Å². The molecule has 0 spiro atoms. The van der Waals surface area contributed by atoms with Crippen LogP contribution in [0.5, 0.6) is 0 Å². The van der Waals surface area contributed by atoms with Gasteiger partial charge in [-0.15, -0.1) is 0 Å². The Morgan fingerprint density at radius 1 is 1.15 bits per heavy atom. The zero-order valence-corrected chi connectivity index (χ0v) is 8.52. The minimum absolute atomic E-state index is 0.126. The third-order valence-corrected chi connectivity index (χ3v) is 3.27. The number of aliphatic hydroxyl groups is 1. The first-order valence-corrected chi connectivity index (χ1v) is 5.05. The lowest BCUT2D eigenvalue weighted by Gasteiger charge is -2.31. The van der Waals surface area contributed by atoms with E-state index < -0.39 is 0 Å². The summed E-state index contributed by atoms with van der Waals surface area (Å²) in [5.41, 5.74) is 1.18. The Kier molecular flexibility index (Phi) is 2.50. The van der Waals surface area contributed by atoms with Gasteiger partial charge < -0.3 is 5.11 Å². The summed E-state index contributed by atoms with van der Waals surface area (Å²) < 4.78 is 0. The van der Waals surface area contributed by atoms with Crippen LogP contribution in [0, 0.1) is 0 Å². The highest BCUT2D eigenvalue weighted by molar-refractivity contribution is 6.42. The normalized spacial score (nSPS) is 27.0. The molecule has 0 unspecified atom stereocenters. The molecule has 1 aliphatic rings. The van der Waals surface area contributed by atoms with Gasteiger partial charge in [0.2, 0.25) is 0 Å². The third-order valence-electron chi connectivity index (χ3n) is 2.53. The lowest BCUT2D eigenvalue weighted by Crippen LogP contribution is -2.26. The van der Waals surface area contributed by atoms with E-state index in [1.807, 2.05) is 18.2 Å². The first-order chi connectivity index (χ1) is 6.16. The first kappa shape index (κ1) is 9.32. The van der Waals surface area contributed by atoms with Crippen molar-refractivity contribution in [2.45, 2.75) is 24.9 Å². The van der Waals surface area contributed by atoms with Crippen LogP contribution in [0.15, 0.2) is 18.2 Å². The second-order valence-electron chi connectivity index (χ2n) is 3.50. The van der Waals surface area contributed by atoms with Crippen molar-refractivity contribution in [2.75, 3.05) is 0 Å². The largest absolute Gasteiger partial charge is 0.393 e. The van der Waals surface area contributed by atoms with Crippen LogP contribution in [0.4, 0.5) is 0 Å². The first-order valence-electron chi connectivity index (χ1n) is 4.30. The fourth-order valence-electron chi connectivity index (χ4n) is 1.63. The molecule has 0 saturated heterocycles. The highest BCUT2D eigenvalue weighted by Crippen LogP contribution is 2.38. The SMILES string of the molecule is OC1CC(c2ccc(Cl)c(Cl)c2)C1. The van der Waals surface area contributed by atoms with Crippen molar-refractivity contribution in [3.8, 4) is 0 Å². The predicted molar refractivity (Wildman–Crippen MR) is 54.4 cm³/mol. The van der Waals surface area contributed by atoms with Gasteiger partial charge in [-0.2, -0.15) is 0 Å². The third kappa shape index (κ3) is 1.83. The van der Waals surface area contributed by atoms with Crippen molar-refractivity contribution in [1.29, 1.82) is 0 Å². The summed E-state index contributed by atoms with van der Waals surface area (Å²) >= 11 is 11.7. The molecule has 1 fully saturated rings. The predicted octanol–water partition coefficient (Wildman–Crippen LogP) is 3.23. The van der Waals surface area contributed by atoms with Gasteiger partial charge in [0.25, 0.3) is 0 Å². The number of halogens is 2. The van der Waals surface area contributed by atoms with Crippen LogP contribution in [-0.4, -0.2) is 11.2 Å². The number of hydrogen-bond donors (Lipinski definition) is 1.